The van der Waals surface area contributed by atoms with Crippen molar-refractivity contribution in [2.24, 2.45) is 34.5 Å². The third-order valence-corrected chi connectivity index (χ3v) is 8.29. The second-order valence-corrected chi connectivity index (χ2v) is 8.71. The second kappa shape index (κ2) is 4.81. The van der Waals surface area contributed by atoms with Gasteiger partial charge in [-0.2, -0.15) is 0 Å². The lowest BCUT2D eigenvalue weighted by Crippen LogP contribution is -2.55. The largest absolute Gasteiger partial charge is 0.396 e. The van der Waals surface area contributed by atoms with Gasteiger partial charge in [0.1, 0.15) is 5.78 Å². The summed E-state index contributed by atoms with van der Waals surface area (Å²) in [6.45, 7) is 2.65. The molecule has 0 radical (unpaired) electrons. The second-order valence-electron chi connectivity index (χ2n) is 8.71. The molecule has 0 aromatic carbocycles. The van der Waals surface area contributed by atoms with Crippen LogP contribution in [0, 0.1) is 34.5 Å². The van der Waals surface area contributed by atoms with Crippen molar-refractivity contribution in [1.29, 1.82) is 0 Å². The Morgan fingerprint density at radius 1 is 1.05 bits per heavy atom. The number of aliphatic hydroxyl groups is 1. The van der Waals surface area contributed by atoms with Gasteiger partial charge in [0.15, 0.2) is 0 Å². The Morgan fingerprint density at radius 3 is 2.71 bits per heavy atom. The van der Waals surface area contributed by atoms with Crippen molar-refractivity contribution in [3.63, 3.8) is 0 Å². The van der Waals surface area contributed by atoms with Crippen molar-refractivity contribution in [3.05, 3.63) is 0 Å². The van der Waals surface area contributed by atoms with Gasteiger partial charge in [0.25, 0.3) is 0 Å². The first-order valence-corrected chi connectivity index (χ1v) is 9.26. The molecule has 4 aliphatic rings. The Hall–Kier alpha value is -0.370. The molecule has 0 amide bonds. The molecule has 4 aliphatic carbocycles. The molecule has 0 heterocycles. The van der Waals surface area contributed by atoms with E-state index in [9.17, 15) is 9.90 Å². The highest BCUT2D eigenvalue weighted by atomic mass is 16.3. The lowest BCUT2D eigenvalue weighted by molar-refractivity contribution is -0.147. The predicted molar refractivity (Wildman–Crippen MR) is 82.8 cm³/mol. The molecule has 1 N–H and O–H groups in total. The first-order chi connectivity index (χ1) is 10.1. The molecule has 118 valence electrons. The van der Waals surface area contributed by atoms with Gasteiger partial charge < -0.3 is 5.11 Å². The predicted octanol–water partition coefficient (Wildman–Crippen LogP) is 3.96. The number of fused-ring (bicyclic) bond motifs is 5. The Balaban J connectivity index is 1.68. The van der Waals surface area contributed by atoms with Gasteiger partial charge in [0.05, 0.1) is 0 Å². The number of carbonyl (C=O) groups excluding carboxylic acids is 1. The van der Waals surface area contributed by atoms with Gasteiger partial charge in [-0.3, -0.25) is 4.79 Å². The highest BCUT2D eigenvalue weighted by Crippen LogP contribution is 2.65. The van der Waals surface area contributed by atoms with Crippen molar-refractivity contribution >= 4 is 5.78 Å². The normalized spacial score (nSPS) is 53.0. The number of Topliss-reactive ketones (excluding diaryl/α,β-unsaturated/α-hetero) is 1. The first-order valence-electron chi connectivity index (χ1n) is 9.26. The minimum Gasteiger partial charge on any atom is -0.396 e. The maximum Gasteiger partial charge on any atom is 0.139 e. The van der Waals surface area contributed by atoms with Gasteiger partial charge in [-0.25, -0.2) is 0 Å². The van der Waals surface area contributed by atoms with E-state index in [4.69, 9.17) is 0 Å². The summed E-state index contributed by atoms with van der Waals surface area (Å²) in [4.78, 5) is 12.4. The van der Waals surface area contributed by atoms with Crippen LogP contribution in [0.2, 0.25) is 0 Å². The third-order valence-electron chi connectivity index (χ3n) is 8.29. The Kier molecular flexibility index (Phi) is 3.26. The first kappa shape index (κ1) is 14.2. The van der Waals surface area contributed by atoms with Crippen LogP contribution in [-0.2, 0) is 4.79 Å². The Morgan fingerprint density at radius 2 is 1.90 bits per heavy atom. The molecule has 4 fully saturated rings. The SMILES string of the molecule is C[C@]12CC[C@H]3[C@@H](CCC4CCCC[C@@]43CO)[C@@H]1CCC2=O. The Labute approximate surface area is 128 Å². The molecule has 2 heteroatoms. The molecule has 21 heavy (non-hydrogen) atoms. The van der Waals surface area contributed by atoms with E-state index in [-0.39, 0.29) is 10.8 Å². The molecule has 0 saturated heterocycles. The fraction of sp³-hybridized carbons (Fsp3) is 0.947. The molecule has 4 saturated carbocycles. The molecular weight excluding hydrogens is 260 g/mol. The van der Waals surface area contributed by atoms with E-state index < -0.39 is 0 Å². The molecular formula is C19H30O2. The number of hydrogen-bond acceptors (Lipinski definition) is 2. The summed E-state index contributed by atoms with van der Waals surface area (Å²) in [6, 6.07) is 0. The molecule has 0 aliphatic heterocycles. The van der Waals surface area contributed by atoms with Gasteiger partial charge in [0.2, 0.25) is 0 Å². The van der Waals surface area contributed by atoms with Gasteiger partial charge in [-0.1, -0.05) is 19.8 Å². The van der Waals surface area contributed by atoms with Gasteiger partial charge in [-0.15, -0.1) is 0 Å². The summed E-state index contributed by atoms with van der Waals surface area (Å²) in [5.74, 6) is 3.34. The maximum atomic E-state index is 12.4. The van der Waals surface area contributed by atoms with Crippen LogP contribution in [0.1, 0.15) is 71.1 Å². The average Bonchev–Trinajstić information content (AvgIpc) is 2.82. The minimum absolute atomic E-state index is 0.0146. The summed E-state index contributed by atoms with van der Waals surface area (Å²) in [7, 11) is 0. The van der Waals surface area contributed by atoms with Crippen molar-refractivity contribution in [2.75, 3.05) is 6.61 Å². The van der Waals surface area contributed by atoms with Crippen LogP contribution in [0.4, 0.5) is 0 Å². The van der Waals surface area contributed by atoms with Crippen molar-refractivity contribution < 1.29 is 9.90 Å². The fourth-order valence-corrected chi connectivity index (χ4v) is 7.15. The van der Waals surface area contributed by atoms with Crippen LogP contribution in [-0.4, -0.2) is 17.5 Å². The van der Waals surface area contributed by atoms with E-state index in [0.717, 1.165) is 31.1 Å². The minimum atomic E-state index is -0.0146. The van der Waals surface area contributed by atoms with Crippen LogP contribution in [0.15, 0.2) is 0 Å². The highest BCUT2D eigenvalue weighted by Gasteiger charge is 2.60. The van der Waals surface area contributed by atoms with Crippen molar-refractivity contribution in [2.45, 2.75) is 71.1 Å². The molecule has 0 bridgehead atoms. The van der Waals surface area contributed by atoms with Gasteiger partial charge in [-0.05, 0) is 74.0 Å². The molecule has 1 unspecified atom stereocenters. The summed E-state index contributed by atoms with van der Waals surface area (Å²) >= 11 is 0. The maximum absolute atomic E-state index is 12.4. The zero-order valence-corrected chi connectivity index (χ0v) is 13.4. The molecule has 6 atom stereocenters. The van der Waals surface area contributed by atoms with E-state index in [1.807, 2.05) is 0 Å². The monoisotopic (exact) mass is 290 g/mol. The molecule has 0 spiro atoms. The van der Waals surface area contributed by atoms with Crippen LogP contribution in [0.25, 0.3) is 0 Å². The smallest absolute Gasteiger partial charge is 0.139 e. The van der Waals surface area contributed by atoms with Crippen LogP contribution < -0.4 is 0 Å². The van der Waals surface area contributed by atoms with Crippen LogP contribution in [0.5, 0.6) is 0 Å². The number of rotatable bonds is 1. The summed E-state index contributed by atoms with van der Waals surface area (Å²) in [6.07, 6.45) is 12.1. The molecule has 2 nitrogen and oxygen atoms in total. The quantitative estimate of drug-likeness (QED) is 0.793. The van der Waals surface area contributed by atoms with Crippen LogP contribution in [0.3, 0.4) is 0 Å². The zero-order chi connectivity index (χ0) is 14.7. The third kappa shape index (κ3) is 1.77. The van der Waals surface area contributed by atoms with Crippen LogP contribution >= 0.6 is 0 Å². The van der Waals surface area contributed by atoms with Crippen molar-refractivity contribution in [3.8, 4) is 0 Å². The lowest BCUT2D eigenvalue weighted by atomic mass is 9.45. The van der Waals surface area contributed by atoms with Gasteiger partial charge >= 0.3 is 0 Å². The topological polar surface area (TPSA) is 37.3 Å². The lowest BCUT2D eigenvalue weighted by Gasteiger charge is -2.60. The fourth-order valence-electron chi connectivity index (χ4n) is 7.15. The summed E-state index contributed by atoms with van der Waals surface area (Å²) in [5.41, 5.74) is 0.202. The highest BCUT2D eigenvalue weighted by molar-refractivity contribution is 5.87. The van der Waals surface area contributed by atoms with E-state index in [1.165, 1.54) is 44.9 Å². The number of aliphatic hydroxyl groups excluding tert-OH is 1. The van der Waals surface area contributed by atoms with Crippen molar-refractivity contribution in [1.82, 2.24) is 0 Å². The zero-order valence-electron chi connectivity index (χ0n) is 13.4. The van der Waals surface area contributed by atoms with E-state index >= 15 is 0 Å². The number of carbonyl (C=O) groups is 1. The summed E-state index contributed by atoms with van der Waals surface area (Å²) in [5, 5.41) is 10.3. The average molecular weight is 290 g/mol. The molecule has 0 aromatic heterocycles. The summed E-state index contributed by atoms with van der Waals surface area (Å²) < 4.78 is 0. The van der Waals surface area contributed by atoms with E-state index in [1.54, 1.807) is 0 Å². The van der Waals surface area contributed by atoms with Gasteiger partial charge in [0, 0.05) is 18.4 Å². The number of hydrogen-bond donors (Lipinski definition) is 1. The number of ketones is 1. The molecule has 0 aromatic rings. The van der Waals surface area contributed by atoms with E-state index in [2.05, 4.69) is 6.92 Å². The molecule has 4 rings (SSSR count). The standard InChI is InChI=1S/C19H30O2/c1-18-11-9-16-14(15(18)7-8-17(18)21)6-5-13-4-2-3-10-19(13,16)12-20/h13-16,20H,2-12H2,1H3/t13?,14-,15-,16-,18-,19+/m0/s1. The van der Waals surface area contributed by atoms with E-state index in [0.29, 0.717) is 24.2 Å². The Bertz CT molecular complexity index is 445.